The Kier molecular flexibility index (Phi) is 6.52. The van der Waals surface area contributed by atoms with Gasteiger partial charge in [-0.3, -0.25) is 4.99 Å². The molecule has 0 saturated carbocycles. The smallest absolute Gasteiger partial charge is 0.193 e. The van der Waals surface area contributed by atoms with E-state index in [0.29, 0.717) is 5.75 Å². The van der Waals surface area contributed by atoms with E-state index in [2.05, 4.69) is 17.1 Å². The van der Waals surface area contributed by atoms with Crippen LogP contribution in [0.15, 0.2) is 29.3 Å². The second-order valence-electron chi connectivity index (χ2n) is 5.72. The summed E-state index contributed by atoms with van der Waals surface area (Å²) in [5.41, 5.74) is 1.22. The molecule has 1 aromatic carbocycles. The number of aliphatic imine (C=N–C) groups is 1. The van der Waals surface area contributed by atoms with Crippen molar-refractivity contribution in [1.82, 2.24) is 10.2 Å². The topological polar surface area (TPSA) is 68.1 Å². The quantitative estimate of drug-likeness (QED) is 0.440. The van der Waals surface area contributed by atoms with Gasteiger partial charge in [0, 0.05) is 26.2 Å². The molecule has 5 nitrogen and oxygen atoms in total. The van der Waals surface area contributed by atoms with Gasteiger partial charge in [0.15, 0.2) is 5.96 Å². The second kappa shape index (κ2) is 8.63. The van der Waals surface area contributed by atoms with Crippen molar-refractivity contribution in [3.8, 4) is 5.75 Å². The Morgan fingerprint density at radius 3 is 2.59 bits per heavy atom. The first kappa shape index (κ1) is 16.6. The lowest BCUT2D eigenvalue weighted by atomic mass is 10.1. The molecular formula is C17H27N3O2. The zero-order valence-corrected chi connectivity index (χ0v) is 13.3. The van der Waals surface area contributed by atoms with E-state index in [1.165, 1.54) is 5.56 Å². The highest BCUT2D eigenvalue weighted by Crippen LogP contribution is 2.12. The summed E-state index contributed by atoms with van der Waals surface area (Å²) in [7, 11) is 0. The lowest BCUT2D eigenvalue weighted by Crippen LogP contribution is -2.46. The van der Waals surface area contributed by atoms with Gasteiger partial charge in [-0.15, -0.1) is 0 Å². The normalized spacial score (nSPS) is 16.8. The van der Waals surface area contributed by atoms with Crippen LogP contribution in [0, 0.1) is 0 Å². The van der Waals surface area contributed by atoms with Gasteiger partial charge >= 0.3 is 0 Å². The summed E-state index contributed by atoms with van der Waals surface area (Å²) in [5, 5.41) is 22.2. The molecule has 0 aliphatic carbocycles. The largest absolute Gasteiger partial charge is 0.508 e. The Morgan fingerprint density at radius 1 is 1.27 bits per heavy atom. The molecule has 122 valence electrons. The van der Waals surface area contributed by atoms with Crippen LogP contribution in [0.1, 0.15) is 31.7 Å². The molecule has 0 aromatic heterocycles. The molecule has 0 radical (unpaired) electrons. The number of likely N-dealkylation sites (tertiary alicyclic amines) is 1. The lowest BCUT2D eigenvalue weighted by Gasteiger charge is -2.32. The molecule has 1 fully saturated rings. The van der Waals surface area contributed by atoms with Crippen molar-refractivity contribution in [1.29, 1.82) is 0 Å². The predicted molar refractivity (Wildman–Crippen MR) is 89.2 cm³/mol. The maximum atomic E-state index is 9.59. The zero-order chi connectivity index (χ0) is 15.8. The summed E-state index contributed by atoms with van der Waals surface area (Å²) in [6.07, 6.45) is 3.42. The van der Waals surface area contributed by atoms with Crippen molar-refractivity contribution in [2.45, 2.75) is 38.7 Å². The third kappa shape index (κ3) is 5.22. The Balaban J connectivity index is 1.81. The van der Waals surface area contributed by atoms with Crippen LogP contribution in [0.2, 0.25) is 0 Å². The van der Waals surface area contributed by atoms with E-state index in [1.807, 2.05) is 12.1 Å². The minimum absolute atomic E-state index is 0.159. The maximum Gasteiger partial charge on any atom is 0.193 e. The zero-order valence-electron chi connectivity index (χ0n) is 13.3. The number of piperidine rings is 1. The molecule has 22 heavy (non-hydrogen) atoms. The van der Waals surface area contributed by atoms with Crippen molar-refractivity contribution in [3.05, 3.63) is 29.8 Å². The second-order valence-corrected chi connectivity index (χ2v) is 5.72. The fourth-order valence-electron chi connectivity index (χ4n) is 2.63. The third-order valence-electron chi connectivity index (χ3n) is 3.92. The summed E-state index contributed by atoms with van der Waals surface area (Å²) in [4.78, 5) is 6.93. The number of hydrogen-bond donors (Lipinski definition) is 3. The molecule has 1 aromatic rings. The lowest BCUT2D eigenvalue weighted by molar-refractivity contribution is 0.108. The molecule has 1 aliphatic rings. The molecule has 0 amide bonds. The van der Waals surface area contributed by atoms with Gasteiger partial charge in [-0.25, -0.2) is 0 Å². The van der Waals surface area contributed by atoms with Gasteiger partial charge in [0.05, 0.1) is 6.10 Å². The standard InChI is InChI=1S/C17H27N3O2/c1-2-18-17(20-12-9-16(22)10-13-20)19-11-3-4-14-5-7-15(21)8-6-14/h5-8,16,21-22H,2-4,9-13H2,1H3,(H,18,19). The monoisotopic (exact) mass is 305 g/mol. The number of hydrogen-bond acceptors (Lipinski definition) is 3. The van der Waals surface area contributed by atoms with E-state index in [9.17, 15) is 10.2 Å². The number of aryl methyl sites for hydroxylation is 1. The van der Waals surface area contributed by atoms with Crippen molar-refractivity contribution in [2.24, 2.45) is 4.99 Å². The highest BCUT2D eigenvalue weighted by Gasteiger charge is 2.19. The average molecular weight is 305 g/mol. The van der Waals surface area contributed by atoms with Gasteiger partial charge in [-0.05, 0) is 50.3 Å². The first-order valence-corrected chi connectivity index (χ1v) is 8.18. The maximum absolute atomic E-state index is 9.59. The van der Waals surface area contributed by atoms with Crippen LogP contribution in [0.25, 0.3) is 0 Å². The van der Waals surface area contributed by atoms with Crippen LogP contribution in [0.5, 0.6) is 5.75 Å². The summed E-state index contributed by atoms with van der Waals surface area (Å²) < 4.78 is 0. The van der Waals surface area contributed by atoms with Crippen LogP contribution in [0.4, 0.5) is 0 Å². The number of guanidine groups is 1. The molecule has 2 rings (SSSR count). The molecule has 0 unspecified atom stereocenters. The molecule has 0 bridgehead atoms. The Bertz CT molecular complexity index is 465. The van der Waals surface area contributed by atoms with E-state index >= 15 is 0 Å². The minimum atomic E-state index is -0.159. The van der Waals surface area contributed by atoms with Crippen LogP contribution < -0.4 is 5.32 Å². The number of rotatable bonds is 5. The van der Waals surface area contributed by atoms with Gasteiger partial charge in [0.25, 0.3) is 0 Å². The van der Waals surface area contributed by atoms with Gasteiger partial charge in [0.2, 0.25) is 0 Å². The number of aliphatic hydroxyl groups excluding tert-OH is 1. The van der Waals surface area contributed by atoms with Gasteiger partial charge in [-0.2, -0.15) is 0 Å². The molecular weight excluding hydrogens is 278 g/mol. The van der Waals surface area contributed by atoms with Crippen molar-refractivity contribution in [2.75, 3.05) is 26.2 Å². The van der Waals surface area contributed by atoms with Crippen molar-refractivity contribution < 1.29 is 10.2 Å². The average Bonchev–Trinajstić information content (AvgIpc) is 2.53. The fourth-order valence-corrected chi connectivity index (χ4v) is 2.63. The Morgan fingerprint density at radius 2 is 1.95 bits per heavy atom. The SMILES string of the molecule is CCNC(=NCCCc1ccc(O)cc1)N1CCC(O)CC1. The van der Waals surface area contributed by atoms with Gasteiger partial charge < -0.3 is 20.4 Å². The van der Waals surface area contributed by atoms with E-state index in [1.54, 1.807) is 12.1 Å². The predicted octanol–water partition coefficient (Wildman–Crippen LogP) is 1.75. The van der Waals surface area contributed by atoms with E-state index in [0.717, 1.165) is 57.8 Å². The van der Waals surface area contributed by atoms with E-state index in [4.69, 9.17) is 4.99 Å². The molecule has 1 saturated heterocycles. The Hall–Kier alpha value is -1.75. The van der Waals surface area contributed by atoms with Crippen molar-refractivity contribution in [3.63, 3.8) is 0 Å². The number of aliphatic hydroxyl groups is 1. The first-order chi connectivity index (χ1) is 10.7. The van der Waals surface area contributed by atoms with Crippen molar-refractivity contribution >= 4 is 5.96 Å². The number of aromatic hydroxyl groups is 1. The van der Waals surface area contributed by atoms with Crippen LogP contribution in [0.3, 0.4) is 0 Å². The molecule has 0 atom stereocenters. The van der Waals surface area contributed by atoms with Gasteiger partial charge in [0.1, 0.15) is 5.75 Å². The third-order valence-corrected chi connectivity index (χ3v) is 3.92. The minimum Gasteiger partial charge on any atom is -0.508 e. The Labute approximate surface area is 132 Å². The summed E-state index contributed by atoms with van der Waals surface area (Å²) >= 11 is 0. The highest BCUT2D eigenvalue weighted by molar-refractivity contribution is 5.80. The molecule has 1 heterocycles. The first-order valence-electron chi connectivity index (χ1n) is 8.18. The van der Waals surface area contributed by atoms with E-state index in [-0.39, 0.29) is 6.10 Å². The molecule has 3 N–H and O–H groups in total. The number of phenolic OH excluding ortho intramolecular Hbond substituents is 1. The molecule has 0 spiro atoms. The summed E-state index contributed by atoms with van der Waals surface area (Å²) in [6, 6.07) is 7.36. The van der Waals surface area contributed by atoms with Crippen LogP contribution >= 0.6 is 0 Å². The molecule has 5 heteroatoms. The van der Waals surface area contributed by atoms with Crippen LogP contribution in [-0.4, -0.2) is 53.4 Å². The number of nitrogens with one attached hydrogen (secondary N) is 1. The van der Waals surface area contributed by atoms with Gasteiger partial charge in [-0.1, -0.05) is 12.1 Å². The van der Waals surface area contributed by atoms with Crippen LogP contribution in [-0.2, 0) is 6.42 Å². The molecule has 1 aliphatic heterocycles. The number of benzene rings is 1. The summed E-state index contributed by atoms with van der Waals surface area (Å²) in [5.74, 6) is 1.27. The fraction of sp³-hybridized carbons (Fsp3) is 0.588. The summed E-state index contributed by atoms with van der Waals surface area (Å²) in [6.45, 7) is 5.44. The highest BCUT2D eigenvalue weighted by atomic mass is 16.3. The number of nitrogens with zero attached hydrogens (tertiary/aromatic N) is 2. The van der Waals surface area contributed by atoms with E-state index < -0.39 is 0 Å². The number of phenols is 1.